The van der Waals surface area contributed by atoms with Gasteiger partial charge in [0.1, 0.15) is 0 Å². The number of rotatable bonds is 3. The van der Waals surface area contributed by atoms with Crippen LogP contribution in [0.4, 0.5) is 5.69 Å². The van der Waals surface area contributed by atoms with Gasteiger partial charge in [-0.15, -0.1) is 11.3 Å². The Hall–Kier alpha value is -0.620. The summed E-state index contributed by atoms with van der Waals surface area (Å²) in [5, 5.41) is 5.21. The van der Waals surface area contributed by atoms with Crippen molar-refractivity contribution in [2.24, 2.45) is 0 Å². The lowest BCUT2D eigenvalue weighted by Crippen LogP contribution is -2.00. The number of halogens is 3. The molecule has 0 aliphatic heterocycles. The Morgan fingerprint density at radius 3 is 2.86 bits per heavy atom. The van der Waals surface area contributed by atoms with Crippen LogP contribution in [-0.2, 0) is 6.54 Å². The lowest BCUT2D eigenvalue weighted by molar-refractivity contribution is 1.19. The van der Waals surface area contributed by atoms with Crippen molar-refractivity contribution >= 4 is 71.4 Å². The monoisotopic (exact) mass is 444 g/mol. The number of nitrogens with zero attached hydrogens (tertiary/aromatic N) is 1. The lowest BCUT2D eigenvalue weighted by Gasteiger charge is -2.12. The van der Waals surface area contributed by atoms with Crippen LogP contribution in [-0.4, -0.2) is 4.98 Å². The van der Waals surface area contributed by atoms with Crippen molar-refractivity contribution in [2.75, 3.05) is 5.32 Å². The van der Waals surface area contributed by atoms with Crippen LogP contribution in [0.3, 0.4) is 0 Å². The zero-order valence-electron chi connectivity index (χ0n) is 11.1. The third kappa shape index (κ3) is 3.11. The Morgan fingerprint density at radius 2 is 2.14 bits per heavy atom. The molecular formula is C15H11Br2ClN2S. The second-order valence-corrected chi connectivity index (χ2v) is 8.35. The quantitative estimate of drug-likeness (QED) is 0.504. The van der Waals surface area contributed by atoms with Gasteiger partial charge in [0.15, 0.2) is 0 Å². The molecule has 108 valence electrons. The molecule has 0 amide bonds. The van der Waals surface area contributed by atoms with Gasteiger partial charge in [0.2, 0.25) is 0 Å². The molecule has 0 fully saturated rings. The van der Waals surface area contributed by atoms with Gasteiger partial charge in [0.05, 0.1) is 20.0 Å². The third-order valence-electron chi connectivity index (χ3n) is 3.17. The van der Waals surface area contributed by atoms with Crippen LogP contribution < -0.4 is 5.32 Å². The number of benzene rings is 1. The maximum Gasteiger partial charge on any atom is 0.0843 e. The van der Waals surface area contributed by atoms with Crippen LogP contribution in [0, 0.1) is 6.92 Å². The summed E-state index contributed by atoms with van der Waals surface area (Å²) in [7, 11) is 0. The first-order chi connectivity index (χ1) is 10.1. The minimum Gasteiger partial charge on any atom is -0.378 e. The molecule has 6 heteroatoms. The summed E-state index contributed by atoms with van der Waals surface area (Å²) in [6.07, 6.45) is 1.81. The summed E-state index contributed by atoms with van der Waals surface area (Å²) in [4.78, 5) is 5.67. The fraction of sp³-hybridized carbons (Fsp3) is 0.133. The second-order valence-electron chi connectivity index (χ2n) is 4.64. The van der Waals surface area contributed by atoms with Gasteiger partial charge in [-0.1, -0.05) is 11.6 Å². The van der Waals surface area contributed by atoms with E-state index in [2.05, 4.69) is 48.2 Å². The first kappa shape index (κ1) is 15.3. The number of aromatic nitrogens is 1. The van der Waals surface area contributed by atoms with E-state index >= 15 is 0 Å². The van der Waals surface area contributed by atoms with Crippen molar-refractivity contribution in [3.63, 3.8) is 0 Å². The van der Waals surface area contributed by atoms with E-state index in [-0.39, 0.29) is 0 Å². The van der Waals surface area contributed by atoms with Crippen molar-refractivity contribution in [1.82, 2.24) is 4.98 Å². The van der Waals surface area contributed by atoms with Crippen LogP contribution in [0.2, 0.25) is 5.02 Å². The van der Waals surface area contributed by atoms with Crippen LogP contribution in [0.5, 0.6) is 0 Å². The maximum atomic E-state index is 6.41. The van der Waals surface area contributed by atoms with Gasteiger partial charge in [-0.05, 0) is 68.6 Å². The summed E-state index contributed by atoms with van der Waals surface area (Å²) in [5.41, 5.74) is 3.01. The fourth-order valence-corrected chi connectivity index (χ4v) is 4.66. The van der Waals surface area contributed by atoms with Gasteiger partial charge >= 0.3 is 0 Å². The molecule has 0 saturated heterocycles. The summed E-state index contributed by atoms with van der Waals surface area (Å²) >= 11 is 15.1. The van der Waals surface area contributed by atoms with Crippen molar-refractivity contribution in [3.05, 3.63) is 54.2 Å². The number of thiophene rings is 1. The Labute approximate surface area is 148 Å². The van der Waals surface area contributed by atoms with Gasteiger partial charge in [0.25, 0.3) is 0 Å². The lowest BCUT2D eigenvalue weighted by atomic mass is 10.1. The molecule has 0 bridgehead atoms. The van der Waals surface area contributed by atoms with Gasteiger partial charge in [0, 0.05) is 27.5 Å². The standard InChI is InChI=1S/C15H11Br2ClN2S/c1-8-5-12(18)14(10-3-2-4-19-13(8)10)20-7-9-6-11(16)15(17)21-9/h2-6,20H,7H2,1H3. The number of nitrogens with one attached hydrogen (secondary N) is 1. The van der Waals surface area contributed by atoms with E-state index < -0.39 is 0 Å². The molecule has 0 spiro atoms. The molecular weight excluding hydrogens is 436 g/mol. The van der Waals surface area contributed by atoms with Crippen LogP contribution >= 0.6 is 54.8 Å². The highest BCUT2D eigenvalue weighted by atomic mass is 79.9. The number of pyridine rings is 1. The zero-order valence-corrected chi connectivity index (χ0v) is 15.8. The molecule has 2 nitrogen and oxygen atoms in total. The van der Waals surface area contributed by atoms with Crippen molar-refractivity contribution in [3.8, 4) is 0 Å². The largest absolute Gasteiger partial charge is 0.378 e. The SMILES string of the molecule is Cc1cc(Cl)c(NCc2cc(Br)c(Br)s2)c2cccnc12. The number of anilines is 1. The Morgan fingerprint density at radius 1 is 1.33 bits per heavy atom. The third-order valence-corrected chi connectivity index (χ3v) is 6.72. The molecule has 0 radical (unpaired) electrons. The van der Waals surface area contributed by atoms with Gasteiger partial charge in [-0.2, -0.15) is 0 Å². The predicted octanol–water partition coefficient (Wildman–Crippen LogP) is 6.40. The van der Waals surface area contributed by atoms with E-state index in [1.165, 1.54) is 4.88 Å². The number of hydrogen-bond donors (Lipinski definition) is 1. The highest BCUT2D eigenvalue weighted by Gasteiger charge is 2.10. The van der Waals surface area contributed by atoms with Crippen LogP contribution in [0.25, 0.3) is 10.9 Å². The van der Waals surface area contributed by atoms with E-state index in [0.717, 1.165) is 42.0 Å². The van der Waals surface area contributed by atoms with E-state index in [1.54, 1.807) is 17.5 Å². The normalized spacial score (nSPS) is 11.0. The molecule has 0 unspecified atom stereocenters. The second kappa shape index (κ2) is 6.24. The predicted molar refractivity (Wildman–Crippen MR) is 98.5 cm³/mol. The minimum atomic E-state index is 0.724. The first-order valence-electron chi connectivity index (χ1n) is 6.27. The Balaban J connectivity index is 1.97. The molecule has 2 aromatic heterocycles. The van der Waals surface area contributed by atoms with Crippen LogP contribution in [0.15, 0.2) is 38.7 Å². The molecule has 1 aromatic carbocycles. The first-order valence-corrected chi connectivity index (χ1v) is 9.05. The van der Waals surface area contributed by atoms with Crippen molar-refractivity contribution in [1.29, 1.82) is 0 Å². The molecule has 0 aliphatic carbocycles. The van der Waals surface area contributed by atoms with Gasteiger partial charge in [-0.25, -0.2) is 0 Å². The average molecular weight is 447 g/mol. The van der Waals surface area contributed by atoms with Crippen molar-refractivity contribution < 1.29 is 0 Å². The minimum absolute atomic E-state index is 0.724. The molecule has 2 heterocycles. The molecule has 21 heavy (non-hydrogen) atoms. The maximum absolute atomic E-state index is 6.41. The molecule has 0 atom stereocenters. The number of aryl methyl sites for hydroxylation is 1. The average Bonchev–Trinajstić information content (AvgIpc) is 2.77. The van der Waals surface area contributed by atoms with Crippen molar-refractivity contribution in [2.45, 2.75) is 13.5 Å². The highest BCUT2D eigenvalue weighted by molar-refractivity contribution is 9.13. The summed E-state index contributed by atoms with van der Waals surface area (Å²) in [6.45, 7) is 2.75. The smallest absolute Gasteiger partial charge is 0.0843 e. The van der Waals surface area contributed by atoms with E-state index in [0.29, 0.717) is 0 Å². The fourth-order valence-electron chi connectivity index (χ4n) is 2.21. The number of fused-ring (bicyclic) bond motifs is 1. The van der Waals surface area contributed by atoms with E-state index in [4.69, 9.17) is 11.6 Å². The molecule has 1 N–H and O–H groups in total. The Kier molecular flexibility index (Phi) is 4.54. The van der Waals surface area contributed by atoms with Gasteiger partial charge in [-0.3, -0.25) is 4.98 Å². The number of hydrogen-bond acceptors (Lipinski definition) is 3. The molecule has 0 saturated carbocycles. The zero-order chi connectivity index (χ0) is 15.0. The van der Waals surface area contributed by atoms with E-state index in [1.807, 2.05) is 25.1 Å². The summed E-state index contributed by atoms with van der Waals surface area (Å²) in [5.74, 6) is 0. The summed E-state index contributed by atoms with van der Waals surface area (Å²) < 4.78 is 2.17. The highest BCUT2D eigenvalue weighted by Crippen LogP contribution is 2.35. The van der Waals surface area contributed by atoms with Gasteiger partial charge < -0.3 is 5.32 Å². The summed E-state index contributed by atoms with van der Waals surface area (Å²) in [6, 6.07) is 8.04. The molecule has 3 rings (SSSR count). The van der Waals surface area contributed by atoms with Crippen LogP contribution in [0.1, 0.15) is 10.4 Å². The topological polar surface area (TPSA) is 24.9 Å². The van der Waals surface area contributed by atoms with E-state index in [9.17, 15) is 0 Å². The molecule has 3 aromatic rings. The Bertz CT molecular complexity index is 797. The molecule has 0 aliphatic rings.